The minimum Gasteiger partial charge on any atom is -0.365 e. The largest absolute Gasteiger partial charge is 0.365 e. The summed E-state index contributed by atoms with van der Waals surface area (Å²) in [5.41, 5.74) is 13.9. The van der Waals surface area contributed by atoms with Crippen LogP contribution in [0, 0.1) is 40.9 Å². The molecule has 0 bridgehead atoms. The number of nitrogens with zero attached hydrogens (tertiary/aromatic N) is 2. The SMILES string of the molecule is C1=CCCC(N(c2ccc3c4c(ccc3c2)C=CCC4)C2C=CC3=C(C2)C2(C4C=CC=CC34)C3C=CCCC3C3C(N(C4=CCCc5ccccc54)C4CCCCC4)CC=CC32)=C1. The zero-order chi connectivity index (χ0) is 41.5. The average molecular weight is 825 g/mol. The molecule has 3 aromatic rings. The first-order chi connectivity index (χ1) is 31.3. The zero-order valence-corrected chi connectivity index (χ0v) is 37.1. The second-order valence-electron chi connectivity index (χ2n) is 20.8. The fraction of sp³-hybridized carbons (Fsp3) is 0.410. The maximum absolute atomic E-state index is 3.12. The maximum atomic E-state index is 3.12. The predicted octanol–water partition coefficient (Wildman–Crippen LogP) is 14.6. The Morgan fingerprint density at radius 3 is 2.51 bits per heavy atom. The van der Waals surface area contributed by atoms with E-state index in [-0.39, 0.29) is 11.5 Å². The summed E-state index contributed by atoms with van der Waals surface area (Å²) in [6.07, 6.45) is 59.1. The summed E-state index contributed by atoms with van der Waals surface area (Å²) in [6.45, 7) is 0. The fourth-order valence-corrected chi connectivity index (χ4v) is 15.8. The lowest BCUT2D eigenvalue weighted by Crippen LogP contribution is -2.51. The quantitative estimate of drug-likeness (QED) is 0.229. The smallest absolute Gasteiger partial charge is 0.0559 e. The summed E-state index contributed by atoms with van der Waals surface area (Å²) in [7, 11) is 0. The summed E-state index contributed by atoms with van der Waals surface area (Å²) < 4.78 is 0. The summed E-state index contributed by atoms with van der Waals surface area (Å²) >= 11 is 0. The lowest BCUT2D eigenvalue weighted by molar-refractivity contribution is 0.0796. The predicted molar refractivity (Wildman–Crippen MR) is 264 cm³/mol. The molecule has 0 heterocycles. The topological polar surface area (TPSA) is 6.48 Å². The van der Waals surface area contributed by atoms with Crippen LogP contribution in [-0.2, 0) is 12.8 Å². The lowest BCUT2D eigenvalue weighted by Gasteiger charge is -2.51. The molecule has 318 valence electrons. The molecule has 0 aliphatic heterocycles. The molecule has 10 aliphatic rings. The first kappa shape index (κ1) is 38.4. The molecule has 1 spiro atoms. The summed E-state index contributed by atoms with van der Waals surface area (Å²) in [5, 5.41) is 2.81. The highest BCUT2D eigenvalue weighted by Gasteiger charge is 2.69. The van der Waals surface area contributed by atoms with Gasteiger partial charge in [-0.25, -0.2) is 0 Å². The van der Waals surface area contributed by atoms with E-state index < -0.39 is 0 Å². The van der Waals surface area contributed by atoms with Gasteiger partial charge in [0, 0.05) is 46.1 Å². The van der Waals surface area contributed by atoms with E-state index in [1.54, 1.807) is 22.4 Å². The standard InChI is InChI=1S/C61H64N2/c1-3-20-44(21-4-1)62(46-35-37-49-43(39-46)34-33-42-18-7-9-24-48(42)49)47-36-38-52-51-26-11-13-28-54(51)61(57(52)40-47)55-29-14-12-27-53(55)60-56(61)30-16-32-59(60)63(45-22-5-2-6-23-45)58-31-15-19-41-17-8-10-25-50(41)58/h1,3,7-8,10-11,13-14,16-18,20,25-26,28-31,33-39,45,47,51,53-56,59-60H,2,4-6,9,12,15,19,21-24,27,32,40H2. The highest BCUT2D eigenvalue weighted by atomic mass is 15.2. The van der Waals surface area contributed by atoms with E-state index in [4.69, 9.17) is 0 Å². The van der Waals surface area contributed by atoms with Crippen LogP contribution in [-0.4, -0.2) is 23.0 Å². The van der Waals surface area contributed by atoms with Gasteiger partial charge in [-0.3, -0.25) is 0 Å². The third kappa shape index (κ3) is 5.95. The van der Waals surface area contributed by atoms with Crippen LogP contribution in [0.3, 0.4) is 0 Å². The van der Waals surface area contributed by atoms with Crippen molar-refractivity contribution in [1.82, 2.24) is 4.90 Å². The molecule has 63 heavy (non-hydrogen) atoms. The van der Waals surface area contributed by atoms with Crippen LogP contribution in [0.5, 0.6) is 0 Å². The van der Waals surface area contributed by atoms with Gasteiger partial charge in [-0.2, -0.15) is 0 Å². The molecular formula is C61H64N2. The van der Waals surface area contributed by atoms with E-state index in [2.05, 4.69) is 162 Å². The van der Waals surface area contributed by atoms with E-state index >= 15 is 0 Å². The van der Waals surface area contributed by atoms with Crippen molar-refractivity contribution in [3.05, 3.63) is 185 Å². The normalized spacial score (nSPS) is 33.4. The van der Waals surface area contributed by atoms with Gasteiger partial charge in [-0.15, -0.1) is 0 Å². The molecule has 2 heteroatoms. The number of rotatable bonds is 6. The van der Waals surface area contributed by atoms with E-state index in [1.165, 1.54) is 96.6 Å². The highest BCUT2D eigenvalue weighted by molar-refractivity contribution is 5.92. The Kier molecular flexibility index (Phi) is 9.49. The number of fused-ring (bicyclic) bond motifs is 13. The number of allylic oxidation sites excluding steroid dienone is 15. The Bertz CT molecular complexity index is 2650. The Morgan fingerprint density at radius 1 is 0.667 bits per heavy atom. The lowest BCUT2D eigenvalue weighted by atomic mass is 9.57. The molecule has 9 unspecified atom stereocenters. The molecule has 13 rings (SSSR count). The first-order valence-electron chi connectivity index (χ1n) is 25.3. The van der Waals surface area contributed by atoms with E-state index in [0.717, 1.165) is 38.5 Å². The van der Waals surface area contributed by atoms with Crippen molar-refractivity contribution < 1.29 is 0 Å². The number of aryl methyl sites for hydroxylation is 2. The monoisotopic (exact) mass is 825 g/mol. The molecular weight excluding hydrogens is 761 g/mol. The molecule has 2 fully saturated rings. The Morgan fingerprint density at radius 2 is 1.57 bits per heavy atom. The van der Waals surface area contributed by atoms with Gasteiger partial charge in [-0.1, -0.05) is 158 Å². The van der Waals surface area contributed by atoms with Gasteiger partial charge in [-0.05, 0) is 158 Å². The third-order valence-corrected chi connectivity index (χ3v) is 18.0. The van der Waals surface area contributed by atoms with Crippen LogP contribution in [0.15, 0.2) is 163 Å². The van der Waals surface area contributed by atoms with E-state index in [0.29, 0.717) is 47.6 Å². The van der Waals surface area contributed by atoms with Crippen LogP contribution in [0.25, 0.3) is 22.5 Å². The summed E-state index contributed by atoms with van der Waals surface area (Å²) in [4.78, 5) is 5.90. The van der Waals surface area contributed by atoms with Crippen LogP contribution in [0.1, 0.15) is 106 Å². The molecule has 0 aromatic heterocycles. The Labute approximate surface area is 376 Å². The molecule has 9 atom stereocenters. The summed E-state index contributed by atoms with van der Waals surface area (Å²) in [6, 6.07) is 23.1. The minimum absolute atomic E-state index is 0.0608. The van der Waals surface area contributed by atoms with Crippen LogP contribution in [0.2, 0.25) is 0 Å². The molecule has 2 nitrogen and oxygen atoms in total. The minimum atomic E-state index is 0.0608. The van der Waals surface area contributed by atoms with Gasteiger partial charge in [0.25, 0.3) is 0 Å². The fourth-order valence-electron chi connectivity index (χ4n) is 15.8. The molecule has 0 radical (unpaired) electrons. The third-order valence-electron chi connectivity index (χ3n) is 18.0. The van der Waals surface area contributed by atoms with Crippen molar-refractivity contribution in [3.8, 4) is 0 Å². The molecule has 0 saturated heterocycles. The molecule has 10 aliphatic carbocycles. The zero-order valence-electron chi connectivity index (χ0n) is 37.1. The van der Waals surface area contributed by atoms with Crippen molar-refractivity contribution >= 4 is 28.2 Å². The van der Waals surface area contributed by atoms with Crippen LogP contribution >= 0.6 is 0 Å². The highest BCUT2D eigenvalue weighted by Crippen LogP contribution is 2.73. The number of hydrogen-bond donors (Lipinski definition) is 0. The number of hydrogen-bond acceptors (Lipinski definition) is 2. The van der Waals surface area contributed by atoms with Crippen molar-refractivity contribution in [2.45, 2.75) is 114 Å². The van der Waals surface area contributed by atoms with Crippen molar-refractivity contribution in [2.75, 3.05) is 4.90 Å². The number of benzene rings is 3. The number of anilines is 1. The van der Waals surface area contributed by atoms with Gasteiger partial charge in [0.2, 0.25) is 0 Å². The molecule has 2 saturated carbocycles. The van der Waals surface area contributed by atoms with Crippen LogP contribution in [0.4, 0.5) is 5.69 Å². The van der Waals surface area contributed by atoms with E-state index in [9.17, 15) is 0 Å². The van der Waals surface area contributed by atoms with Crippen molar-refractivity contribution in [3.63, 3.8) is 0 Å². The van der Waals surface area contributed by atoms with Gasteiger partial charge in [0.1, 0.15) is 0 Å². The first-order valence-corrected chi connectivity index (χ1v) is 25.3. The van der Waals surface area contributed by atoms with E-state index in [1.807, 2.05) is 0 Å². The van der Waals surface area contributed by atoms with Crippen molar-refractivity contribution in [2.24, 2.45) is 40.9 Å². The van der Waals surface area contributed by atoms with Crippen LogP contribution < -0.4 is 4.90 Å². The Balaban J connectivity index is 0.936. The van der Waals surface area contributed by atoms with Crippen molar-refractivity contribution in [1.29, 1.82) is 0 Å². The molecule has 0 amide bonds. The average Bonchev–Trinajstić information content (AvgIpc) is 3.82. The Hall–Kier alpha value is -5.08. The molecule has 3 aromatic carbocycles. The van der Waals surface area contributed by atoms with Gasteiger partial charge in [0.05, 0.1) is 6.04 Å². The summed E-state index contributed by atoms with van der Waals surface area (Å²) in [5.74, 6) is 3.28. The second-order valence-corrected chi connectivity index (χ2v) is 20.8. The molecule has 0 N–H and O–H groups in total. The second kappa shape index (κ2) is 15.6. The maximum Gasteiger partial charge on any atom is 0.0559 e. The van der Waals surface area contributed by atoms with Gasteiger partial charge in [0.15, 0.2) is 0 Å². The van der Waals surface area contributed by atoms with Gasteiger partial charge >= 0.3 is 0 Å². The van der Waals surface area contributed by atoms with Gasteiger partial charge < -0.3 is 9.80 Å².